The van der Waals surface area contributed by atoms with Crippen LogP contribution >= 0.6 is 22.6 Å². The molecule has 0 bridgehead atoms. The van der Waals surface area contributed by atoms with Gasteiger partial charge in [0.1, 0.15) is 0 Å². The lowest BCUT2D eigenvalue weighted by molar-refractivity contribution is 0.168. The van der Waals surface area contributed by atoms with Crippen LogP contribution in [-0.2, 0) is 0 Å². The predicted octanol–water partition coefficient (Wildman–Crippen LogP) is 0.201. The number of aromatic nitrogens is 2. The minimum Gasteiger partial charge on any atom is -0.392 e. The number of halogens is 1. The van der Waals surface area contributed by atoms with Gasteiger partial charge in [0.15, 0.2) is 0 Å². The Labute approximate surface area is 96.3 Å². The van der Waals surface area contributed by atoms with Crippen LogP contribution in [0.2, 0.25) is 0 Å². The van der Waals surface area contributed by atoms with Gasteiger partial charge in [-0.1, -0.05) is 0 Å². The maximum atomic E-state index is 9.14. The summed E-state index contributed by atoms with van der Waals surface area (Å²) in [4.78, 5) is 8.09. The number of aliphatic hydroxyl groups is 1. The highest BCUT2D eigenvalue weighted by molar-refractivity contribution is 14.1. The molecule has 0 saturated carbocycles. The number of rotatable bonds is 4. The Morgan fingerprint density at radius 2 is 2.14 bits per heavy atom. The van der Waals surface area contributed by atoms with Crippen LogP contribution in [-0.4, -0.2) is 33.8 Å². The van der Waals surface area contributed by atoms with Gasteiger partial charge in [0.05, 0.1) is 6.10 Å². The number of nitrogens with zero attached hydrogens (tertiary/aromatic N) is 2. The SMILES string of the molecule is CC(O)C(N)CNc1ncc(I)cn1. The van der Waals surface area contributed by atoms with E-state index < -0.39 is 6.10 Å². The highest BCUT2D eigenvalue weighted by atomic mass is 127. The number of aliphatic hydroxyl groups excluding tert-OH is 1. The predicted molar refractivity (Wildman–Crippen MR) is 62.9 cm³/mol. The fourth-order valence-corrected chi connectivity index (χ4v) is 1.06. The van der Waals surface area contributed by atoms with Crippen molar-refractivity contribution in [3.8, 4) is 0 Å². The van der Waals surface area contributed by atoms with Crippen molar-refractivity contribution in [1.29, 1.82) is 0 Å². The Bertz CT molecular complexity index is 277. The molecule has 0 fully saturated rings. The van der Waals surface area contributed by atoms with Crippen molar-refractivity contribution in [1.82, 2.24) is 9.97 Å². The molecule has 0 radical (unpaired) electrons. The first-order valence-corrected chi connectivity index (χ1v) is 5.32. The molecular formula is C8H13IN4O. The standard InChI is InChI=1S/C8H13IN4O/c1-5(14)7(10)4-13-8-11-2-6(9)3-12-8/h2-3,5,7,14H,4,10H2,1H3,(H,11,12,13). The summed E-state index contributed by atoms with van der Waals surface area (Å²) < 4.78 is 0.980. The first-order valence-electron chi connectivity index (χ1n) is 4.24. The molecule has 14 heavy (non-hydrogen) atoms. The third-order valence-electron chi connectivity index (χ3n) is 1.74. The van der Waals surface area contributed by atoms with E-state index in [1.165, 1.54) is 0 Å². The van der Waals surface area contributed by atoms with Crippen molar-refractivity contribution in [2.24, 2.45) is 5.73 Å². The molecule has 1 heterocycles. The van der Waals surface area contributed by atoms with Crippen molar-refractivity contribution in [2.75, 3.05) is 11.9 Å². The van der Waals surface area contributed by atoms with E-state index in [9.17, 15) is 0 Å². The molecule has 0 saturated heterocycles. The second-order valence-corrected chi connectivity index (χ2v) is 4.26. The molecule has 5 nitrogen and oxygen atoms in total. The minimum absolute atomic E-state index is 0.308. The van der Waals surface area contributed by atoms with Gasteiger partial charge in [-0.25, -0.2) is 9.97 Å². The van der Waals surface area contributed by atoms with E-state index in [0.717, 1.165) is 3.57 Å². The molecule has 6 heteroatoms. The van der Waals surface area contributed by atoms with Gasteiger partial charge < -0.3 is 16.2 Å². The Morgan fingerprint density at radius 1 is 1.57 bits per heavy atom. The molecule has 2 atom stereocenters. The van der Waals surface area contributed by atoms with Gasteiger partial charge in [-0.05, 0) is 29.5 Å². The van der Waals surface area contributed by atoms with Crippen molar-refractivity contribution in [3.05, 3.63) is 16.0 Å². The summed E-state index contributed by atoms with van der Waals surface area (Å²) in [5, 5.41) is 12.1. The monoisotopic (exact) mass is 308 g/mol. The van der Waals surface area contributed by atoms with Crippen LogP contribution in [0.3, 0.4) is 0 Å². The molecule has 78 valence electrons. The van der Waals surface area contributed by atoms with E-state index in [4.69, 9.17) is 10.8 Å². The summed E-state index contributed by atoms with van der Waals surface area (Å²) in [5.74, 6) is 0.529. The number of hydrogen-bond donors (Lipinski definition) is 3. The molecule has 2 unspecified atom stereocenters. The van der Waals surface area contributed by atoms with Gasteiger partial charge in [-0.2, -0.15) is 0 Å². The normalized spacial score (nSPS) is 14.9. The third kappa shape index (κ3) is 3.72. The molecule has 0 aliphatic heterocycles. The first kappa shape index (κ1) is 11.6. The topological polar surface area (TPSA) is 84.1 Å². The Balaban J connectivity index is 2.42. The van der Waals surface area contributed by atoms with Gasteiger partial charge in [0.25, 0.3) is 0 Å². The van der Waals surface area contributed by atoms with Crippen LogP contribution in [0.1, 0.15) is 6.92 Å². The molecule has 1 aromatic rings. The van der Waals surface area contributed by atoms with E-state index in [2.05, 4.69) is 37.9 Å². The quantitative estimate of drug-likeness (QED) is 0.692. The molecule has 0 aromatic carbocycles. The molecule has 1 rings (SSSR count). The van der Waals surface area contributed by atoms with Crippen molar-refractivity contribution >= 4 is 28.5 Å². The van der Waals surface area contributed by atoms with E-state index in [1.807, 2.05) is 0 Å². The number of anilines is 1. The summed E-state index contributed by atoms with van der Waals surface area (Å²) in [6, 6.07) is -0.308. The van der Waals surface area contributed by atoms with Crippen LogP contribution in [0.4, 0.5) is 5.95 Å². The molecule has 4 N–H and O–H groups in total. The second-order valence-electron chi connectivity index (χ2n) is 3.01. The van der Waals surface area contributed by atoms with Crippen molar-refractivity contribution in [2.45, 2.75) is 19.1 Å². The van der Waals surface area contributed by atoms with E-state index in [1.54, 1.807) is 19.3 Å². The summed E-state index contributed by atoms with van der Waals surface area (Å²) in [5.41, 5.74) is 5.62. The van der Waals surface area contributed by atoms with Crippen molar-refractivity contribution < 1.29 is 5.11 Å². The van der Waals surface area contributed by atoms with Gasteiger partial charge in [0, 0.05) is 28.6 Å². The highest BCUT2D eigenvalue weighted by Crippen LogP contribution is 2.02. The van der Waals surface area contributed by atoms with Crippen LogP contribution in [0.15, 0.2) is 12.4 Å². The highest BCUT2D eigenvalue weighted by Gasteiger charge is 2.08. The Morgan fingerprint density at radius 3 is 2.64 bits per heavy atom. The van der Waals surface area contributed by atoms with Gasteiger partial charge >= 0.3 is 0 Å². The number of hydrogen-bond acceptors (Lipinski definition) is 5. The zero-order valence-electron chi connectivity index (χ0n) is 7.81. The molecule has 0 aliphatic rings. The molecular weight excluding hydrogens is 295 g/mol. The average molecular weight is 308 g/mol. The minimum atomic E-state index is -0.536. The number of nitrogens with two attached hydrogens (primary N) is 1. The summed E-state index contributed by atoms with van der Waals surface area (Å²) >= 11 is 2.13. The maximum absolute atomic E-state index is 9.14. The van der Waals surface area contributed by atoms with Crippen LogP contribution < -0.4 is 11.1 Å². The maximum Gasteiger partial charge on any atom is 0.222 e. The van der Waals surface area contributed by atoms with E-state index in [0.29, 0.717) is 12.5 Å². The van der Waals surface area contributed by atoms with Crippen LogP contribution in [0, 0.1) is 3.57 Å². The second kappa shape index (κ2) is 5.42. The smallest absolute Gasteiger partial charge is 0.222 e. The summed E-state index contributed by atoms with van der Waals surface area (Å²) in [6.07, 6.45) is 2.89. The lowest BCUT2D eigenvalue weighted by atomic mass is 10.2. The van der Waals surface area contributed by atoms with Crippen LogP contribution in [0.25, 0.3) is 0 Å². The summed E-state index contributed by atoms with van der Waals surface area (Å²) in [7, 11) is 0. The van der Waals surface area contributed by atoms with Crippen molar-refractivity contribution in [3.63, 3.8) is 0 Å². The lowest BCUT2D eigenvalue weighted by Gasteiger charge is -2.14. The van der Waals surface area contributed by atoms with Gasteiger partial charge in [-0.15, -0.1) is 0 Å². The Hall–Kier alpha value is -0.470. The molecule has 1 aromatic heterocycles. The number of nitrogens with one attached hydrogen (secondary N) is 1. The zero-order chi connectivity index (χ0) is 10.6. The van der Waals surface area contributed by atoms with Gasteiger partial charge in [-0.3, -0.25) is 0 Å². The molecule has 0 amide bonds. The molecule has 0 spiro atoms. The fourth-order valence-electron chi connectivity index (χ4n) is 0.783. The average Bonchev–Trinajstić information content (AvgIpc) is 2.16. The Kier molecular flexibility index (Phi) is 4.49. The van der Waals surface area contributed by atoms with E-state index >= 15 is 0 Å². The fraction of sp³-hybridized carbons (Fsp3) is 0.500. The van der Waals surface area contributed by atoms with Gasteiger partial charge in [0.2, 0.25) is 5.95 Å². The molecule has 0 aliphatic carbocycles. The zero-order valence-corrected chi connectivity index (χ0v) is 9.97. The lowest BCUT2D eigenvalue weighted by Crippen LogP contribution is -2.38. The third-order valence-corrected chi connectivity index (χ3v) is 2.29. The van der Waals surface area contributed by atoms with E-state index in [-0.39, 0.29) is 6.04 Å². The van der Waals surface area contributed by atoms with Crippen LogP contribution in [0.5, 0.6) is 0 Å². The summed E-state index contributed by atoms with van der Waals surface area (Å²) in [6.45, 7) is 2.11. The first-order chi connectivity index (χ1) is 6.59. The largest absolute Gasteiger partial charge is 0.392 e.